The van der Waals surface area contributed by atoms with E-state index in [0.29, 0.717) is 37.9 Å². The van der Waals surface area contributed by atoms with Crippen molar-refractivity contribution in [3.8, 4) is 0 Å². The molecule has 2 fully saturated rings. The maximum Gasteiger partial charge on any atom is 0.308 e. The average molecular weight is 1030 g/mol. The van der Waals surface area contributed by atoms with E-state index in [1.54, 1.807) is 0 Å². The molecule has 0 bridgehead atoms. The summed E-state index contributed by atoms with van der Waals surface area (Å²) < 4.78 is 23.3. The van der Waals surface area contributed by atoms with E-state index in [1.807, 2.05) is 27.7 Å². The molecule has 4 unspecified atom stereocenters. The van der Waals surface area contributed by atoms with E-state index in [-0.39, 0.29) is 65.2 Å². The predicted octanol–water partition coefficient (Wildman–Crippen LogP) is 18.7. The van der Waals surface area contributed by atoms with Crippen LogP contribution in [0, 0.1) is 40.9 Å². The van der Waals surface area contributed by atoms with Crippen LogP contribution in [-0.2, 0) is 38.1 Å². The lowest BCUT2D eigenvalue weighted by Gasteiger charge is -2.46. The van der Waals surface area contributed by atoms with Crippen LogP contribution in [0.1, 0.15) is 299 Å². The van der Waals surface area contributed by atoms with Gasteiger partial charge in [-0.3, -0.25) is 19.2 Å². The third-order valence-electron chi connectivity index (χ3n) is 16.8. The molecule has 2 aliphatic carbocycles. The van der Waals surface area contributed by atoms with Gasteiger partial charge in [0.2, 0.25) is 0 Å². The minimum Gasteiger partial charge on any atom is -0.465 e. The molecule has 73 heavy (non-hydrogen) atoms. The molecule has 0 amide bonds. The quantitative estimate of drug-likeness (QED) is 0.0257. The molecule has 0 aromatic heterocycles. The van der Waals surface area contributed by atoms with Crippen LogP contribution in [0.2, 0.25) is 0 Å². The van der Waals surface area contributed by atoms with Gasteiger partial charge in [-0.15, -0.1) is 0 Å². The second kappa shape index (κ2) is 42.5. The number of hydrogen-bond acceptors (Lipinski definition) is 8. The molecule has 0 aromatic carbocycles. The molecule has 424 valence electrons. The van der Waals surface area contributed by atoms with E-state index in [0.717, 1.165) is 77.0 Å². The molecule has 0 heterocycles. The maximum atomic E-state index is 13.2. The molecule has 0 spiro atoms. The van der Waals surface area contributed by atoms with Gasteiger partial charge in [-0.1, -0.05) is 195 Å². The standard InChI is InChI=1S/C65H116O8/c1-9-11-13-15-17-19-21-23-25-27-29-31-33-35-37-39-49-70-61(66)53(3)51-55(5)63(68)72-59-45-41-57(42-46-59)65(7,8)58-43-47-60(48-44-58)73-64(69)56(6)52-54(4)62(67)71-50-40-38-36-34-32-30-28-26-24-22-20-18-16-14-12-10-2/h23-26,53-60H,9-22,27-52H2,1-8H3/b25-23+,26-24+. The molecular weight excluding hydrogens is 909 g/mol. The normalized spacial score (nSPS) is 20.2. The first-order valence-electron chi connectivity index (χ1n) is 31.3. The fourth-order valence-corrected chi connectivity index (χ4v) is 11.5. The van der Waals surface area contributed by atoms with Crippen molar-refractivity contribution in [2.24, 2.45) is 40.9 Å². The van der Waals surface area contributed by atoms with Crippen molar-refractivity contribution in [1.29, 1.82) is 0 Å². The molecule has 8 nitrogen and oxygen atoms in total. The first kappa shape index (κ1) is 66.5. The molecular formula is C65H116O8. The van der Waals surface area contributed by atoms with E-state index in [2.05, 4.69) is 52.0 Å². The van der Waals surface area contributed by atoms with Gasteiger partial charge in [0.1, 0.15) is 12.2 Å². The second-order valence-electron chi connectivity index (χ2n) is 23.9. The largest absolute Gasteiger partial charge is 0.465 e. The minimum absolute atomic E-state index is 0.0701. The fraction of sp³-hybridized carbons (Fsp3) is 0.877. The maximum absolute atomic E-state index is 13.2. The molecule has 0 aliphatic heterocycles. The topological polar surface area (TPSA) is 105 Å². The number of carbonyl (C=O) groups is 4. The van der Waals surface area contributed by atoms with Gasteiger partial charge < -0.3 is 18.9 Å². The van der Waals surface area contributed by atoms with E-state index in [9.17, 15) is 19.2 Å². The highest BCUT2D eigenvalue weighted by atomic mass is 16.6. The lowest BCUT2D eigenvalue weighted by atomic mass is 9.60. The molecule has 0 aromatic rings. The summed E-state index contributed by atoms with van der Waals surface area (Å²) >= 11 is 0. The Bertz CT molecular complexity index is 1350. The van der Waals surface area contributed by atoms with Crippen molar-refractivity contribution in [3.63, 3.8) is 0 Å². The smallest absolute Gasteiger partial charge is 0.308 e. The lowest BCUT2D eigenvalue weighted by Crippen LogP contribution is -2.40. The fourth-order valence-electron chi connectivity index (χ4n) is 11.5. The van der Waals surface area contributed by atoms with Crippen LogP contribution < -0.4 is 0 Å². The SMILES string of the molecule is CCCCCCCC/C=C/CCCCCCCCOC(=O)C(C)CC(C)C(=O)OC1CCC(C(C)(C)C2CCC(OC(=O)C(C)CC(C)C(=O)OCCCCCCCC/C=C/CCCCCCCC)CC2)CC1. The molecule has 0 saturated heterocycles. The summed E-state index contributed by atoms with van der Waals surface area (Å²) in [6, 6.07) is 0. The molecule has 4 atom stereocenters. The minimum atomic E-state index is -0.351. The average Bonchev–Trinajstić information content (AvgIpc) is 3.38. The summed E-state index contributed by atoms with van der Waals surface area (Å²) in [4.78, 5) is 51.8. The van der Waals surface area contributed by atoms with Gasteiger partial charge in [0.25, 0.3) is 0 Å². The molecule has 2 rings (SSSR count). The summed E-state index contributed by atoms with van der Waals surface area (Å²) in [6.07, 6.45) is 52.8. The van der Waals surface area contributed by atoms with Crippen LogP contribution in [0.25, 0.3) is 0 Å². The Morgan fingerprint density at radius 3 is 0.945 bits per heavy atom. The van der Waals surface area contributed by atoms with Crippen molar-refractivity contribution in [3.05, 3.63) is 24.3 Å². The van der Waals surface area contributed by atoms with E-state index in [1.165, 1.54) is 154 Å². The predicted molar refractivity (Wildman–Crippen MR) is 304 cm³/mol. The van der Waals surface area contributed by atoms with E-state index < -0.39 is 0 Å². The van der Waals surface area contributed by atoms with Gasteiger partial charge in [0.05, 0.1) is 36.9 Å². The summed E-state index contributed by atoms with van der Waals surface area (Å²) in [5.41, 5.74) is 0.143. The zero-order valence-corrected chi connectivity index (χ0v) is 49.0. The highest BCUT2D eigenvalue weighted by Gasteiger charge is 2.42. The Hall–Kier alpha value is -2.64. The zero-order valence-electron chi connectivity index (χ0n) is 49.0. The highest BCUT2D eigenvalue weighted by Crippen LogP contribution is 2.49. The van der Waals surface area contributed by atoms with Crippen molar-refractivity contribution < 1.29 is 38.1 Å². The Morgan fingerprint density at radius 2 is 0.644 bits per heavy atom. The van der Waals surface area contributed by atoms with Crippen molar-refractivity contribution >= 4 is 23.9 Å². The third kappa shape index (κ3) is 31.9. The van der Waals surface area contributed by atoms with Crippen LogP contribution in [0.4, 0.5) is 0 Å². The van der Waals surface area contributed by atoms with Crippen molar-refractivity contribution in [1.82, 2.24) is 0 Å². The Kier molecular flexibility index (Phi) is 38.7. The van der Waals surface area contributed by atoms with Crippen LogP contribution in [-0.4, -0.2) is 49.3 Å². The third-order valence-corrected chi connectivity index (χ3v) is 16.8. The van der Waals surface area contributed by atoms with E-state index in [4.69, 9.17) is 18.9 Å². The van der Waals surface area contributed by atoms with Gasteiger partial charge in [-0.25, -0.2) is 0 Å². The number of unbranched alkanes of at least 4 members (excludes halogenated alkanes) is 24. The second-order valence-corrected chi connectivity index (χ2v) is 23.9. The van der Waals surface area contributed by atoms with Gasteiger partial charge in [-0.05, 0) is 146 Å². The highest BCUT2D eigenvalue weighted by molar-refractivity contribution is 5.76. The Balaban J connectivity index is 1.51. The van der Waals surface area contributed by atoms with Crippen molar-refractivity contribution in [2.75, 3.05) is 13.2 Å². The number of allylic oxidation sites excluding steroid dienone is 4. The van der Waals surface area contributed by atoms with Crippen molar-refractivity contribution in [2.45, 2.75) is 312 Å². The van der Waals surface area contributed by atoms with E-state index >= 15 is 0 Å². The zero-order chi connectivity index (χ0) is 53.4. The summed E-state index contributed by atoms with van der Waals surface area (Å²) in [5.74, 6) is -1.11. The van der Waals surface area contributed by atoms with Crippen LogP contribution in [0.15, 0.2) is 24.3 Å². The summed E-state index contributed by atoms with van der Waals surface area (Å²) in [5, 5.41) is 0. The van der Waals surface area contributed by atoms with Gasteiger partial charge in [0, 0.05) is 0 Å². The number of rotatable bonds is 44. The van der Waals surface area contributed by atoms with Crippen LogP contribution in [0.3, 0.4) is 0 Å². The van der Waals surface area contributed by atoms with Gasteiger partial charge in [0.15, 0.2) is 0 Å². The first-order valence-corrected chi connectivity index (χ1v) is 31.3. The number of carbonyl (C=O) groups excluding carboxylic acids is 4. The molecule has 8 heteroatoms. The molecule has 2 saturated carbocycles. The molecule has 0 N–H and O–H groups in total. The number of ether oxygens (including phenoxy) is 4. The summed E-state index contributed by atoms with van der Waals surface area (Å²) in [6.45, 7) is 17.7. The van der Waals surface area contributed by atoms with Crippen LogP contribution >= 0.6 is 0 Å². The Morgan fingerprint density at radius 1 is 0.384 bits per heavy atom. The molecule has 0 radical (unpaired) electrons. The van der Waals surface area contributed by atoms with Crippen LogP contribution in [0.5, 0.6) is 0 Å². The number of hydrogen-bond donors (Lipinski definition) is 0. The monoisotopic (exact) mass is 1020 g/mol. The van der Waals surface area contributed by atoms with Gasteiger partial charge >= 0.3 is 23.9 Å². The molecule has 2 aliphatic rings. The lowest BCUT2D eigenvalue weighted by molar-refractivity contribution is -0.158. The Labute approximate surface area is 450 Å². The summed E-state index contributed by atoms with van der Waals surface area (Å²) in [7, 11) is 0. The number of esters is 4. The van der Waals surface area contributed by atoms with Gasteiger partial charge in [-0.2, -0.15) is 0 Å². The first-order chi connectivity index (χ1) is 35.3.